The number of rotatable bonds is 8. The van der Waals surface area contributed by atoms with Crippen molar-refractivity contribution >= 4 is 27.9 Å². The minimum atomic E-state index is -3.66. The maximum absolute atomic E-state index is 12.8. The van der Waals surface area contributed by atoms with Crippen LogP contribution in [0.25, 0.3) is 0 Å². The zero-order valence-electron chi connectivity index (χ0n) is 16.9. The van der Waals surface area contributed by atoms with Gasteiger partial charge in [0.15, 0.2) is 6.61 Å². The Morgan fingerprint density at radius 1 is 1.17 bits per heavy atom. The van der Waals surface area contributed by atoms with Crippen molar-refractivity contribution in [1.29, 1.82) is 0 Å². The number of imide groups is 1. The standard InChI is InChI=1S/C20H27N3O6S/c1-3-13-21-20(26)22-18(24)14-29-19(25)15-9-11-17(12-10-15)30(27,28)23(2)16-7-5-4-6-8-16/h3,9-12,16H,1,4-8,13-14H2,2H3,(H2,21,22,24,26). The van der Waals surface area contributed by atoms with Gasteiger partial charge >= 0.3 is 12.0 Å². The van der Waals surface area contributed by atoms with E-state index in [0.29, 0.717) is 0 Å². The Bertz CT molecular complexity index is 876. The second-order valence-corrected chi connectivity index (χ2v) is 8.96. The van der Waals surface area contributed by atoms with Gasteiger partial charge in [-0.25, -0.2) is 18.0 Å². The van der Waals surface area contributed by atoms with Crippen LogP contribution in [0.5, 0.6) is 0 Å². The number of nitrogens with one attached hydrogen (secondary N) is 2. The smallest absolute Gasteiger partial charge is 0.338 e. The molecule has 164 valence electrons. The molecule has 0 unspecified atom stereocenters. The molecule has 0 heterocycles. The zero-order chi connectivity index (χ0) is 22.1. The van der Waals surface area contributed by atoms with Crippen molar-refractivity contribution < 1.29 is 27.5 Å². The summed E-state index contributed by atoms with van der Waals surface area (Å²) in [6.45, 7) is 2.96. The molecule has 0 aromatic heterocycles. The van der Waals surface area contributed by atoms with Crippen LogP contribution in [0.1, 0.15) is 42.5 Å². The molecule has 1 aliphatic rings. The van der Waals surface area contributed by atoms with E-state index in [1.54, 1.807) is 7.05 Å². The van der Waals surface area contributed by atoms with Gasteiger partial charge in [-0.15, -0.1) is 6.58 Å². The fourth-order valence-corrected chi connectivity index (χ4v) is 4.57. The molecule has 0 aliphatic heterocycles. The van der Waals surface area contributed by atoms with E-state index in [0.717, 1.165) is 32.1 Å². The average molecular weight is 438 g/mol. The fraction of sp³-hybridized carbons (Fsp3) is 0.450. The number of hydrogen-bond donors (Lipinski definition) is 2. The minimum absolute atomic E-state index is 0.0180. The van der Waals surface area contributed by atoms with Gasteiger partial charge in [0.1, 0.15) is 0 Å². The summed E-state index contributed by atoms with van der Waals surface area (Å²) in [7, 11) is -2.08. The molecule has 10 heteroatoms. The number of carbonyl (C=O) groups excluding carboxylic acids is 3. The van der Waals surface area contributed by atoms with Crippen molar-refractivity contribution in [2.24, 2.45) is 0 Å². The van der Waals surface area contributed by atoms with Gasteiger partial charge in [-0.1, -0.05) is 25.3 Å². The van der Waals surface area contributed by atoms with E-state index in [-0.39, 0.29) is 23.0 Å². The van der Waals surface area contributed by atoms with Crippen LogP contribution in [-0.2, 0) is 19.6 Å². The molecule has 3 amide bonds. The zero-order valence-corrected chi connectivity index (χ0v) is 17.7. The Hall–Kier alpha value is -2.72. The van der Waals surface area contributed by atoms with Crippen LogP contribution in [0.4, 0.5) is 4.79 Å². The van der Waals surface area contributed by atoms with Crippen LogP contribution < -0.4 is 10.6 Å². The van der Waals surface area contributed by atoms with Crippen LogP contribution in [0.2, 0.25) is 0 Å². The van der Waals surface area contributed by atoms with E-state index in [1.165, 1.54) is 34.6 Å². The molecule has 1 saturated carbocycles. The summed E-state index contributed by atoms with van der Waals surface area (Å²) in [6, 6.07) is 4.60. The Balaban J connectivity index is 1.92. The molecular weight excluding hydrogens is 410 g/mol. The van der Waals surface area contributed by atoms with Gasteiger partial charge in [0.2, 0.25) is 10.0 Å². The van der Waals surface area contributed by atoms with E-state index in [1.807, 2.05) is 5.32 Å². The lowest BCUT2D eigenvalue weighted by atomic mass is 9.96. The van der Waals surface area contributed by atoms with Crippen molar-refractivity contribution in [1.82, 2.24) is 14.9 Å². The van der Waals surface area contributed by atoms with E-state index in [4.69, 9.17) is 4.74 Å². The molecule has 1 fully saturated rings. The maximum atomic E-state index is 12.8. The third kappa shape index (κ3) is 6.39. The van der Waals surface area contributed by atoms with Gasteiger partial charge in [0.05, 0.1) is 10.5 Å². The number of urea groups is 1. The van der Waals surface area contributed by atoms with Crippen molar-refractivity contribution in [3.63, 3.8) is 0 Å². The number of ether oxygens (including phenoxy) is 1. The highest BCUT2D eigenvalue weighted by Crippen LogP contribution is 2.26. The number of benzene rings is 1. The van der Waals surface area contributed by atoms with Gasteiger partial charge in [0, 0.05) is 19.6 Å². The predicted octanol–water partition coefficient (Wildman–Crippen LogP) is 1.81. The summed E-state index contributed by atoms with van der Waals surface area (Å²) in [4.78, 5) is 35.1. The van der Waals surface area contributed by atoms with Crippen molar-refractivity contribution in [3.05, 3.63) is 42.5 Å². The van der Waals surface area contributed by atoms with E-state index < -0.39 is 34.5 Å². The fourth-order valence-electron chi connectivity index (χ4n) is 3.16. The Morgan fingerprint density at radius 3 is 2.40 bits per heavy atom. The topological polar surface area (TPSA) is 122 Å². The van der Waals surface area contributed by atoms with Crippen molar-refractivity contribution in [2.45, 2.75) is 43.0 Å². The molecule has 2 N–H and O–H groups in total. The van der Waals surface area contributed by atoms with Crippen molar-refractivity contribution in [2.75, 3.05) is 20.2 Å². The van der Waals surface area contributed by atoms with Gasteiger partial charge < -0.3 is 10.1 Å². The monoisotopic (exact) mass is 437 g/mol. The average Bonchev–Trinajstić information content (AvgIpc) is 2.76. The molecule has 1 aromatic carbocycles. The van der Waals surface area contributed by atoms with Gasteiger partial charge in [-0.05, 0) is 37.1 Å². The summed E-state index contributed by atoms with van der Waals surface area (Å²) in [5.41, 5.74) is 0.0955. The highest BCUT2D eigenvalue weighted by molar-refractivity contribution is 7.89. The molecule has 30 heavy (non-hydrogen) atoms. The summed E-state index contributed by atoms with van der Waals surface area (Å²) in [5, 5.41) is 4.34. The quantitative estimate of drug-likeness (QED) is 0.472. The van der Waals surface area contributed by atoms with Crippen LogP contribution in [0.3, 0.4) is 0 Å². The third-order valence-corrected chi connectivity index (χ3v) is 6.77. The SMILES string of the molecule is C=CCNC(=O)NC(=O)COC(=O)c1ccc(S(=O)(=O)N(C)C2CCCCC2)cc1. The van der Waals surface area contributed by atoms with Crippen LogP contribution in [0, 0.1) is 0 Å². The minimum Gasteiger partial charge on any atom is -0.452 e. The molecule has 1 aliphatic carbocycles. The molecule has 0 radical (unpaired) electrons. The first kappa shape index (κ1) is 23.6. The number of nitrogens with zero attached hydrogens (tertiary/aromatic N) is 1. The van der Waals surface area contributed by atoms with Crippen LogP contribution in [-0.4, -0.2) is 56.9 Å². The third-order valence-electron chi connectivity index (χ3n) is 4.85. The summed E-state index contributed by atoms with van der Waals surface area (Å²) >= 11 is 0. The maximum Gasteiger partial charge on any atom is 0.338 e. The molecule has 2 rings (SSSR count). The number of sulfonamides is 1. The number of hydrogen-bond acceptors (Lipinski definition) is 6. The van der Waals surface area contributed by atoms with E-state index in [2.05, 4.69) is 11.9 Å². The Morgan fingerprint density at radius 2 is 1.80 bits per heavy atom. The number of carbonyl (C=O) groups is 3. The summed E-state index contributed by atoms with van der Waals surface area (Å²) in [5.74, 6) is -1.60. The molecular formula is C20H27N3O6S. The molecule has 9 nitrogen and oxygen atoms in total. The second-order valence-electron chi connectivity index (χ2n) is 6.96. The van der Waals surface area contributed by atoms with Gasteiger partial charge in [0.25, 0.3) is 5.91 Å². The molecule has 1 aromatic rings. The summed E-state index contributed by atoms with van der Waals surface area (Å²) in [6.07, 6.45) is 6.28. The second kappa shape index (κ2) is 10.9. The molecule has 0 atom stereocenters. The van der Waals surface area contributed by atoms with Crippen LogP contribution >= 0.6 is 0 Å². The number of amides is 3. The van der Waals surface area contributed by atoms with E-state index in [9.17, 15) is 22.8 Å². The molecule has 0 bridgehead atoms. The van der Waals surface area contributed by atoms with E-state index >= 15 is 0 Å². The Labute approximate surface area is 176 Å². The highest BCUT2D eigenvalue weighted by atomic mass is 32.2. The van der Waals surface area contributed by atoms with Gasteiger partial charge in [-0.2, -0.15) is 4.31 Å². The number of esters is 1. The Kier molecular flexibility index (Phi) is 8.55. The lowest BCUT2D eigenvalue weighted by Gasteiger charge is -2.30. The van der Waals surface area contributed by atoms with Crippen molar-refractivity contribution in [3.8, 4) is 0 Å². The lowest BCUT2D eigenvalue weighted by molar-refractivity contribution is -0.123. The first-order chi connectivity index (χ1) is 14.3. The summed E-state index contributed by atoms with van der Waals surface area (Å²) < 4.78 is 31.9. The normalized spacial score (nSPS) is 14.7. The highest BCUT2D eigenvalue weighted by Gasteiger charge is 2.29. The lowest BCUT2D eigenvalue weighted by Crippen LogP contribution is -2.41. The van der Waals surface area contributed by atoms with Crippen LogP contribution in [0.15, 0.2) is 41.8 Å². The van der Waals surface area contributed by atoms with Gasteiger partial charge in [-0.3, -0.25) is 10.1 Å². The largest absolute Gasteiger partial charge is 0.452 e. The predicted molar refractivity (Wildman–Crippen MR) is 110 cm³/mol. The first-order valence-electron chi connectivity index (χ1n) is 9.69. The molecule has 0 saturated heterocycles. The molecule has 0 spiro atoms. The first-order valence-corrected chi connectivity index (χ1v) is 11.1.